The summed E-state index contributed by atoms with van der Waals surface area (Å²) >= 11 is 0. The average molecular weight is 393 g/mol. The minimum absolute atomic E-state index is 0.284. The van der Waals surface area contributed by atoms with E-state index in [2.05, 4.69) is 10.3 Å². The highest BCUT2D eigenvalue weighted by Gasteiger charge is 2.44. The molecule has 2 aromatic rings. The minimum Gasteiger partial charge on any atom is -0.394 e. The number of carbonyl (C=O) groups excluding carboxylic acids is 1. The van der Waals surface area contributed by atoms with Gasteiger partial charge in [-0.05, 0) is 26.0 Å². The molecule has 0 aliphatic carbocycles. The number of nitrogens with one attached hydrogen (secondary N) is 1. The number of benzene rings is 1. The van der Waals surface area contributed by atoms with Gasteiger partial charge in [0.05, 0.1) is 12.8 Å². The standard InChI is InChI=1S/C18H20FN3O6/c1-8-3-9(2)5-10(4-8)16(26)20-15-11(19)6-22(18(27)21-15)17-14(25)13(24)12(7-23)28-17/h3-6,12-14,17,23-25H,7H2,1-2H3,(H,20,21,26,27)/t12-,13-,14-,17?/m1/s1. The molecule has 150 valence electrons. The fraction of sp³-hybridized carbons (Fsp3) is 0.389. The van der Waals surface area contributed by atoms with Gasteiger partial charge in [0, 0.05) is 5.56 Å². The normalized spacial score (nSPS) is 24.4. The van der Waals surface area contributed by atoms with Gasteiger partial charge in [0.2, 0.25) is 0 Å². The van der Waals surface area contributed by atoms with Crippen LogP contribution in [0.4, 0.5) is 10.2 Å². The maximum atomic E-state index is 14.4. The maximum absolute atomic E-state index is 14.4. The van der Waals surface area contributed by atoms with Crippen LogP contribution in [0.25, 0.3) is 0 Å². The van der Waals surface area contributed by atoms with Gasteiger partial charge in [0.15, 0.2) is 17.9 Å². The van der Waals surface area contributed by atoms with Crippen LogP contribution in [0.5, 0.6) is 0 Å². The lowest BCUT2D eigenvalue weighted by atomic mass is 10.1. The van der Waals surface area contributed by atoms with E-state index in [4.69, 9.17) is 9.84 Å². The van der Waals surface area contributed by atoms with Crippen LogP contribution in [0, 0.1) is 19.7 Å². The molecule has 0 saturated carbocycles. The molecule has 0 bridgehead atoms. The number of ether oxygens (including phenoxy) is 1. The topological polar surface area (TPSA) is 134 Å². The largest absolute Gasteiger partial charge is 0.394 e. The zero-order chi connectivity index (χ0) is 20.6. The van der Waals surface area contributed by atoms with E-state index in [1.54, 1.807) is 12.1 Å². The number of halogens is 1. The third-order valence-electron chi connectivity index (χ3n) is 4.41. The Bertz CT molecular complexity index is 943. The maximum Gasteiger partial charge on any atom is 0.351 e. The van der Waals surface area contributed by atoms with E-state index in [1.165, 1.54) is 0 Å². The quantitative estimate of drug-likeness (QED) is 0.568. The molecule has 4 atom stereocenters. The Morgan fingerprint density at radius 3 is 2.46 bits per heavy atom. The van der Waals surface area contributed by atoms with Crippen LogP contribution in [0.3, 0.4) is 0 Å². The van der Waals surface area contributed by atoms with E-state index in [-0.39, 0.29) is 5.56 Å². The highest BCUT2D eigenvalue weighted by Crippen LogP contribution is 2.28. The molecule has 10 heteroatoms. The van der Waals surface area contributed by atoms with Crippen molar-refractivity contribution in [3.63, 3.8) is 0 Å². The van der Waals surface area contributed by atoms with Gasteiger partial charge < -0.3 is 25.4 Å². The second-order valence-electron chi connectivity index (χ2n) is 6.69. The Balaban J connectivity index is 1.86. The summed E-state index contributed by atoms with van der Waals surface area (Å²) in [7, 11) is 0. The summed E-state index contributed by atoms with van der Waals surface area (Å²) in [6.07, 6.45) is -4.85. The van der Waals surface area contributed by atoms with E-state index in [9.17, 15) is 24.2 Å². The number of hydrogen-bond acceptors (Lipinski definition) is 7. The molecule has 3 rings (SSSR count). The second kappa shape index (κ2) is 7.76. The van der Waals surface area contributed by atoms with Gasteiger partial charge in [-0.2, -0.15) is 4.98 Å². The number of carbonyl (C=O) groups is 1. The number of rotatable bonds is 4. The Hall–Kier alpha value is -2.66. The number of anilines is 1. The highest BCUT2D eigenvalue weighted by atomic mass is 19.1. The molecule has 0 radical (unpaired) electrons. The molecule has 1 unspecified atom stereocenters. The van der Waals surface area contributed by atoms with Crippen LogP contribution in [0.2, 0.25) is 0 Å². The summed E-state index contributed by atoms with van der Waals surface area (Å²) < 4.78 is 20.3. The molecule has 1 aliphatic heterocycles. The molecular formula is C18H20FN3O6. The van der Waals surface area contributed by atoms with Gasteiger partial charge in [-0.1, -0.05) is 17.2 Å². The zero-order valence-electron chi connectivity index (χ0n) is 15.2. The van der Waals surface area contributed by atoms with Gasteiger partial charge in [-0.25, -0.2) is 9.18 Å². The molecule has 2 heterocycles. The number of amides is 1. The SMILES string of the molecule is Cc1cc(C)cc(C(=O)Nc2nc(=O)n(C3O[C@H](CO)[C@@H](O)[C@H]3O)cc2F)c1. The van der Waals surface area contributed by atoms with Crippen molar-refractivity contribution in [2.75, 3.05) is 11.9 Å². The summed E-state index contributed by atoms with van der Waals surface area (Å²) in [6.45, 7) is 3.03. The van der Waals surface area contributed by atoms with Crippen LogP contribution in [0.15, 0.2) is 29.2 Å². The van der Waals surface area contributed by atoms with Crippen molar-refractivity contribution in [1.82, 2.24) is 9.55 Å². The smallest absolute Gasteiger partial charge is 0.351 e. The fourth-order valence-corrected chi connectivity index (χ4v) is 3.11. The van der Waals surface area contributed by atoms with Crippen molar-refractivity contribution in [2.24, 2.45) is 0 Å². The van der Waals surface area contributed by atoms with Crippen molar-refractivity contribution < 1.29 is 29.2 Å². The van der Waals surface area contributed by atoms with Gasteiger partial charge in [0.25, 0.3) is 5.91 Å². The third kappa shape index (κ3) is 3.80. The lowest BCUT2D eigenvalue weighted by molar-refractivity contribution is -0.0553. The predicted octanol–water partition coefficient (Wildman–Crippen LogP) is -0.137. The van der Waals surface area contributed by atoms with E-state index in [0.717, 1.165) is 11.1 Å². The van der Waals surface area contributed by atoms with Crippen molar-refractivity contribution in [3.05, 3.63) is 57.4 Å². The van der Waals surface area contributed by atoms with Gasteiger partial charge in [-0.15, -0.1) is 0 Å². The number of aliphatic hydroxyl groups excluding tert-OH is 3. The van der Waals surface area contributed by atoms with Crippen LogP contribution in [-0.4, -0.2) is 55.7 Å². The highest BCUT2D eigenvalue weighted by molar-refractivity contribution is 6.04. The van der Waals surface area contributed by atoms with Crippen LogP contribution in [-0.2, 0) is 4.74 Å². The molecule has 28 heavy (non-hydrogen) atoms. The Morgan fingerprint density at radius 2 is 1.89 bits per heavy atom. The molecule has 1 aliphatic rings. The number of nitrogens with zero attached hydrogens (tertiary/aromatic N) is 2. The third-order valence-corrected chi connectivity index (χ3v) is 4.41. The van der Waals surface area contributed by atoms with Crippen molar-refractivity contribution >= 4 is 11.7 Å². The summed E-state index contributed by atoms with van der Waals surface area (Å²) in [5.41, 5.74) is 0.968. The molecule has 1 saturated heterocycles. The van der Waals surface area contributed by atoms with Crippen molar-refractivity contribution in [2.45, 2.75) is 38.4 Å². The Labute approximate surface area is 159 Å². The molecule has 9 nitrogen and oxygen atoms in total. The first kappa shape index (κ1) is 20.1. The Morgan fingerprint density at radius 1 is 1.25 bits per heavy atom. The molecule has 1 fully saturated rings. The van der Waals surface area contributed by atoms with E-state index in [1.807, 2.05) is 19.9 Å². The first-order valence-electron chi connectivity index (χ1n) is 8.52. The lowest BCUT2D eigenvalue weighted by Gasteiger charge is -2.17. The molecule has 0 spiro atoms. The summed E-state index contributed by atoms with van der Waals surface area (Å²) in [5, 5.41) is 31.1. The number of aromatic nitrogens is 2. The van der Waals surface area contributed by atoms with Crippen LogP contribution in [0.1, 0.15) is 27.7 Å². The average Bonchev–Trinajstić information content (AvgIpc) is 2.91. The van der Waals surface area contributed by atoms with Crippen LogP contribution >= 0.6 is 0 Å². The monoisotopic (exact) mass is 393 g/mol. The minimum atomic E-state index is -1.56. The predicted molar refractivity (Wildman–Crippen MR) is 95.3 cm³/mol. The summed E-state index contributed by atoms with van der Waals surface area (Å²) in [4.78, 5) is 28.1. The number of aryl methyl sites for hydroxylation is 2. The lowest BCUT2D eigenvalue weighted by Crippen LogP contribution is -2.36. The van der Waals surface area contributed by atoms with Gasteiger partial charge in [-0.3, -0.25) is 9.36 Å². The fourth-order valence-electron chi connectivity index (χ4n) is 3.11. The molecular weight excluding hydrogens is 373 g/mol. The van der Waals surface area contributed by atoms with Gasteiger partial charge >= 0.3 is 5.69 Å². The summed E-state index contributed by atoms with van der Waals surface area (Å²) in [5.74, 6) is -2.24. The molecule has 1 aromatic carbocycles. The summed E-state index contributed by atoms with van der Waals surface area (Å²) in [6, 6.07) is 5.10. The Kier molecular flexibility index (Phi) is 5.57. The van der Waals surface area contributed by atoms with Crippen LogP contribution < -0.4 is 11.0 Å². The molecule has 4 N–H and O–H groups in total. The van der Waals surface area contributed by atoms with Gasteiger partial charge in [0.1, 0.15) is 18.3 Å². The first-order valence-corrected chi connectivity index (χ1v) is 8.52. The zero-order valence-corrected chi connectivity index (χ0v) is 15.2. The van der Waals surface area contributed by atoms with Crippen molar-refractivity contribution in [3.8, 4) is 0 Å². The molecule has 1 amide bonds. The van der Waals surface area contributed by atoms with Crippen molar-refractivity contribution in [1.29, 1.82) is 0 Å². The number of hydrogen-bond donors (Lipinski definition) is 4. The van der Waals surface area contributed by atoms with E-state index < -0.39 is 54.4 Å². The first-order chi connectivity index (χ1) is 13.2. The van der Waals surface area contributed by atoms with E-state index >= 15 is 0 Å². The second-order valence-corrected chi connectivity index (χ2v) is 6.69. The number of aliphatic hydroxyl groups is 3. The van der Waals surface area contributed by atoms with E-state index in [0.29, 0.717) is 10.8 Å². The molecule has 1 aromatic heterocycles.